The molecule has 1 heterocycles. The van der Waals surface area contributed by atoms with Crippen molar-refractivity contribution in [2.75, 3.05) is 6.54 Å². The second kappa shape index (κ2) is 4.03. The lowest BCUT2D eigenvalue weighted by Gasteiger charge is -2.22. The van der Waals surface area contributed by atoms with E-state index in [0.29, 0.717) is 6.54 Å². The average Bonchev–Trinajstić information content (AvgIpc) is 3.13. The van der Waals surface area contributed by atoms with Gasteiger partial charge in [0.2, 0.25) is 5.91 Å². The molecule has 1 saturated carbocycles. The maximum Gasteiger partial charge on any atom is 0.269 e. The molecular formula is C13H15N3O3. The quantitative estimate of drug-likeness (QED) is 0.662. The lowest BCUT2D eigenvalue weighted by atomic mass is 10.1. The van der Waals surface area contributed by atoms with Gasteiger partial charge in [-0.1, -0.05) is 12.1 Å². The summed E-state index contributed by atoms with van der Waals surface area (Å²) in [5, 5.41) is 14.2. The highest BCUT2D eigenvalue weighted by molar-refractivity contribution is 5.92. The molecule has 0 radical (unpaired) electrons. The molecule has 6 heteroatoms. The van der Waals surface area contributed by atoms with Crippen LogP contribution in [0.25, 0.3) is 0 Å². The highest BCUT2D eigenvalue weighted by Crippen LogP contribution is 2.45. The van der Waals surface area contributed by atoms with E-state index >= 15 is 0 Å². The number of likely N-dealkylation sites (N-methyl/N-ethyl adjacent to an activating group) is 1. The van der Waals surface area contributed by atoms with Crippen LogP contribution in [-0.2, 0) is 4.79 Å². The van der Waals surface area contributed by atoms with Crippen LogP contribution in [0.1, 0.15) is 31.5 Å². The normalized spacial score (nSPS) is 23.9. The summed E-state index contributed by atoms with van der Waals surface area (Å²) in [6, 6.07) is 6.48. The van der Waals surface area contributed by atoms with Crippen LogP contribution < -0.4 is 5.32 Å². The fourth-order valence-corrected chi connectivity index (χ4v) is 2.67. The first-order valence-corrected chi connectivity index (χ1v) is 6.40. The fourth-order valence-electron chi connectivity index (χ4n) is 2.67. The van der Waals surface area contributed by atoms with Gasteiger partial charge >= 0.3 is 0 Å². The van der Waals surface area contributed by atoms with E-state index in [0.717, 1.165) is 18.4 Å². The lowest BCUT2D eigenvalue weighted by molar-refractivity contribution is -0.385. The van der Waals surface area contributed by atoms with Gasteiger partial charge in [-0.25, -0.2) is 0 Å². The molecule has 1 unspecified atom stereocenters. The van der Waals surface area contributed by atoms with Gasteiger partial charge in [-0.05, 0) is 25.3 Å². The van der Waals surface area contributed by atoms with Crippen LogP contribution in [0.5, 0.6) is 0 Å². The number of rotatable bonds is 3. The highest BCUT2D eigenvalue weighted by atomic mass is 16.6. The molecule has 1 amide bonds. The number of nitrogens with zero attached hydrogens (tertiary/aromatic N) is 2. The van der Waals surface area contributed by atoms with E-state index in [-0.39, 0.29) is 17.8 Å². The number of non-ortho nitro benzene ring substituents is 1. The number of benzene rings is 1. The zero-order valence-electron chi connectivity index (χ0n) is 10.6. The number of nitro groups is 1. The largest absolute Gasteiger partial charge is 0.322 e. The van der Waals surface area contributed by atoms with Gasteiger partial charge in [0.05, 0.1) is 4.92 Å². The molecule has 1 spiro atoms. The predicted molar refractivity (Wildman–Crippen MR) is 68.3 cm³/mol. The first kappa shape index (κ1) is 12.1. The maximum absolute atomic E-state index is 12.3. The molecule has 1 saturated heterocycles. The van der Waals surface area contributed by atoms with Crippen molar-refractivity contribution in [3.05, 3.63) is 39.9 Å². The molecule has 1 aliphatic heterocycles. The molecular weight excluding hydrogens is 246 g/mol. The second-order valence-electron chi connectivity index (χ2n) is 5.07. The van der Waals surface area contributed by atoms with Gasteiger partial charge in [-0.3, -0.25) is 20.2 Å². The molecule has 2 fully saturated rings. The van der Waals surface area contributed by atoms with E-state index in [1.54, 1.807) is 11.0 Å². The van der Waals surface area contributed by atoms with Gasteiger partial charge in [0, 0.05) is 18.7 Å². The van der Waals surface area contributed by atoms with Crippen LogP contribution in [0.3, 0.4) is 0 Å². The standard InChI is InChI=1S/C13H15N3O3/c1-2-15-11(14-13(6-7-13)12(15)17)9-4-3-5-10(8-9)16(18)19/h3-5,8,11,14H,2,6-7H2,1H3. The van der Waals surface area contributed by atoms with E-state index in [1.165, 1.54) is 12.1 Å². The Labute approximate surface area is 110 Å². The zero-order valence-corrected chi connectivity index (χ0v) is 10.6. The Hall–Kier alpha value is -1.95. The van der Waals surface area contributed by atoms with Gasteiger partial charge < -0.3 is 4.90 Å². The number of hydrogen-bond acceptors (Lipinski definition) is 4. The number of nitrogens with one attached hydrogen (secondary N) is 1. The van der Waals surface area contributed by atoms with Crippen LogP contribution in [0.2, 0.25) is 0 Å². The Bertz CT molecular complexity index is 554. The van der Waals surface area contributed by atoms with Crippen LogP contribution in [0, 0.1) is 10.1 Å². The number of nitro benzene ring substituents is 1. The summed E-state index contributed by atoms with van der Waals surface area (Å²) in [5.74, 6) is 0.117. The summed E-state index contributed by atoms with van der Waals surface area (Å²) in [4.78, 5) is 24.4. The van der Waals surface area contributed by atoms with Crippen LogP contribution >= 0.6 is 0 Å². The highest BCUT2D eigenvalue weighted by Gasteiger charge is 2.58. The first-order valence-electron chi connectivity index (χ1n) is 6.40. The molecule has 0 bridgehead atoms. The first-order chi connectivity index (χ1) is 9.07. The van der Waals surface area contributed by atoms with Gasteiger partial charge in [-0.2, -0.15) is 0 Å². The molecule has 0 aromatic heterocycles. The topological polar surface area (TPSA) is 75.5 Å². The average molecular weight is 261 g/mol. The van der Waals surface area contributed by atoms with Gasteiger partial charge in [0.1, 0.15) is 11.7 Å². The third kappa shape index (κ3) is 1.79. The summed E-state index contributed by atoms with van der Waals surface area (Å²) < 4.78 is 0. The molecule has 3 rings (SSSR count). The van der Waals surface area contributed by atoms with Crippen molar-refractivity contribution in [2.45, 2.75) is 31.5 Å². The fraction of sp³-hybridized carbons (Fsp3) is 0.462. The Morgan fingerprint density at radius 1 is 1.53 bits per heavy atom. The lowest BCUT2D eigenvalue weighted by Crippen LogP contribution is -2.32. The van der Waals surface area contributed by atoms with Gasteiger partial charge in [0.25, 0.3) is 5.69 Å². The summed E-state index contributed by atoms with van der Waals surface area (Å²) >= 11 is 0. The minimum absolute atomic E-state index is 0.0551. The molecule has 1 atom stereocenters. The van der Waals surface area contributed by atoms with Gasteiger partial charge in [-0.15, -0.1) is 0 Å². The molecule has 19 heavy (non-hydrogen) atoms. The van der Waals surface area contributed by atoms with E-state index in [1.807, 2.05) is 13.0 Å². The smallest absolute Gasteiger partial charge is 0.269 e. The summed E-state index contributed by atoms with van der Waals surface area (Å²) in [6.07, 6.45) is 1.46. The van der Waals surface area contributed by atoms with Crippen molar-refractivity contribution in [1.29, 1.82) is 0 Å². The van der Waals surface area contributed by atoms with Crippen molar-refractivity contribution < 1.29 is 9.72 Å². The van der Waals surface area contributed by atoms with Crippen LogP contribution in [0.4, 0.5) is 5.69 Å². The maximum atomic E-state index is 12.3. The van der Waals surface area contributed by atoms with Crippen molar-refractivity contribution in [3.8, 4) is 0 Å². The number of carbonyl (C=O) groups is 1. The van der Waals surface area contributed by atoms with E-state index in [2.05, 4.69) is 5.32 Å². The second-order valence-corrected chi connectivity index (χ2v) is 5.07. The van der Waals surface area contributed by atoms with Crippen molar-refractivity contribution >= 4 is 11.6 Å². The molecule has 1 N–H and O–H groups in total. The van der Waals surface area contributed by atoms with Crippen molar-refractivity contribution in [1.82, 2.24) is 10.2 Å². The summed E-state index contributed by atoms with van der Waals surface area (Å²) in [6.45, 7) is 2.52. The number of hydrogen-bond donors (Lipinski definition) is 1. The summed E-state index contributed by atoms with van der Waals surface area (Å²) in [5.41, 5.74) is 0.429. The minimum atomic E-state index is -0.413. The molecule has 1 aliphatic carbocycles. The molecule has 100 valence electrons. The molecule has 2 aliphatic rings. The number of amides is 1. The summed E-state index contributed by atoms with van der Waals surface area (Å²) in [7, 11) is 0. The zero-order chi connectivity index (χ0) is 13.6. The monoisotopic (exact) mass is 261 g/mol. The van der Waals surface area contributed by atoms with Crippen LogP contribution in [0.15, 0.2) is 24.3 Å². The Balaban J connectivity index is 1.95. The van der Waals surface area contributed by atoms with E-state index in [4.69, 9.17) is 0 Å². The van der Waals surface area contributed by atoms with Gasteiger partial charge in [0.15, 0.2) is 0 Å². The number of carbonyl (C=O) groups excluding carboxylic acids is 1. The Kier molecular flexibility index (Phi) is 2.56. The van der Waals surface area contributed by atoms with E-state index < -0.39 is 10.5 Å². The van der Waals surface area contributed by atoms with E-state index in [9.17, 15) is 14.9 Å². The van der Waals surface area contributed by atoms with Crippen molar-refractivity contribution in [2.24, 2.45) is 0 Å². The molecule has 6 nitrogen and oxygen atoms in total. The Morgan fingerprint density at radius 2 is 2.26 bits per heavy atom. The van der Waals surface area contributed by atoms with Crippen LogP contribution in [-0.4, -0.2) is 27.8 Å². The SMILES string of the molecule is CCN1C(=O)C2(CC2)NC1c1cccc([N+](=O)[O-])c1. The minimum Gasteiger partial charge on any atom is -0.322 e. The van der Waals surface area contributed by atoms with Crippen molar-refractivity contribution in [3.63, 3.8) is 0 Å². The molecule has 1 aromatic rings. The Morgan fingerprint density at radius 3 is 2.84 bits per heavy atom. The third-order valence-electron chi connectivity index (χ3n) is 3.88. The third-order valence-corrected chi connectivity index (χ3v) is 3.88. The molecule has 1 aromatic carbocycles. The predicted octanol–water partition coefficient (Wildman–Crippen LogP) is 1.58.